The van der Waals surface area contributed by atoms with Gasteiger partial charge in [0.25, 0.3) is 0 Å². The van der Waals surface area contributed by atoms with Gasteiger partial charge in [0.2, 0.25) is 0 Å². The molecule has 1 aromatic rings. The third-order valence-electron chi connectivity index (χ3n) is 4.41. The molecule has 0 bridgehead atoms. The molecule has 2 saturated heterocycles. The van der Waals surface area contributed by atoms with E-state index in [0.717, 1.165) is 12.8 Å². The summed E-state index contributed by atoms with van der Waals surface area (Å²) in [7, 11) is -3.11. The lowest BCUT2D eigenvalue weighted by molar-refractivity contribution is 0.0751. The van der Waals surface area contributed by atoms with E-state index in [2.05, 4.69) is 5.32 Å². The molecule has 0 spiro atoms. The molecule has 0 unspecified atom stereocenters. The van der Waals surface area contributed by atoms with Gasteiger partial charge in [-0.3, -0.25) is 0 Å². The highest BCUT2D eigenvalue weighted by Crippen LogP contribution is 2.22. The number of ether oxygens (including phenoxy) is 1. The summed E-state index contributed by atoms with van der Waals surface area (Å²) in [6.07, 6.45) is 2.13. The molecule has 2 aliphatic heterocycles. The van der Waals surface area contributed by atoms with Crippen molar-refractivity contribution in [3.05, 3.63) is 30.1 Å². The summed E-state index contributed by atoms with van der Waals surface area (Å²) in [6, 6.07) is 4.84. The summed E-state index contributed by atoms with van der Waals surface area (Å²) >= 11 is 0. The number of carbonyl (C=O) groups excluding carboxylic acids is 1. The molecule has 2 aliphatic rings. The molecule has 1 N–H and O–H groups in total. The van der Waals surface area contributed by atoms with Crippen molar-refractivity contribution in [2.75, 3.05) is 30.0 Å². The molecule has 0 aliphatic carbocycles. The zero-order valence-electron chi connectivity index (χ0n) is 13.3. The van der Waals surface area contributed by atoms with E-state index in [0.29, 0.717) is 25.3 Å². The van der Waals surface area contributed by atoms with Gasteiger partial charge in [0.15, 0.2) is 9.84 Å². The number of carbonyl (C=O) groups is 1. The van der Waals surface area contributed by atoms with Gasteiger partial charge in [-0.25, -0.2) is 17.6 Å². The van der Waals surface area contributed by atoms with E-state index in [-0.39, 0.29) is 23.7 Å². The van der Waals surface area contributed by atoms with Gasteiger partial charge in [0, 0.05) is 24.9 Å². The van der Waals surface area contributed by atoms with Crippen molar-refractivity contribution in [1.29, 1.82) is 0 Å². The largest absolute Gasteiger partial charge is 0.376 e. The molecule has 6 nitrogen and oxygen atoms in total. The molecular formula is C16H21FN2O4S. The number of anilines is 1. The SMILES string of the molecule is O=C(Nc1cccc(F)c1)N(C[C@@H]1CCCO1)[C@@H]1CCS(=O)(=O)C1. The minimum absolute atomic E-state index is 0.0315. The first-order valence-electron chi connectivity index (χ1n) is 8.08. The van der Waals surface area contributed by atoms with Crippen molar-refractivity contribution in [3.63, 3.8) is 0 Å². The Kier molecular flexibility index (Phi) is 5.05. The standard InChI is InChI=1S/C16H21FN2O4S/c17-12-3-1-4-13(9-12)18-16(20)19(10-15-5-2-7-23-15)14-6-8-24(21,22)11-14/h1,3-4,9,14-15H,2,5-8,10-11H2,(H,18,20)/t14-,15+/m1/s1. The smallest absolute Gasteiger partial charge is 0.322 e. The third-order valence-corrected chi connectivity index (χ3v) is 6.16. The maximum absolute atomic E-state index is 13.3. The lowest BCUT2D eigenvalue weighted by Gasteiger charge is -2.30. The Morgan fingerprint density at radius 3 is 2.83 bits per heavy atom. The maximum atomic E-state index is 13.3. The van der Waals surface area contributed by atoms with Crippen molar-refractivity contribution in [1.82, 2.24) is 4.90 Å². The first-order chi connectivity index (χ1) is 11.4. The molecule has 8 heteroatoms. The first-order valence-corrected chi connectivity index (χ1v) is 9.90. The minimum Gasteiger partial charge on any atom is -0.376 e. The molecule has 2 amide bonds. The number of halogens is 1. The molecule has 132 valence electrons. The van der Waals surface area contributed by atoms with Crippen LogP contribution in [-0.4, -0.2) is 56.2 Å². The molecule has 0 aromatic heterocycles. The Morgan fingerprint density at radius 2 is 2.21 bits per heavy atom. The zero-order chi connectivity index (χ0) is 17.2. The second kappa shape index (κ2) is 7.06. The lowest BCUT2D eigenvalue weighted by Crippen LogP contribution is -2.47. The Bertz CT molecular complexity index is 704. The number of nitrogens with one attached hydrogen (secondary N) is 1. The number of rotatable bonds is 4. The Labute approximate surface area is 140 Å². The van der Waals surface area contributed by atoms with Gasteiger partial charge in [0.05, 0.1) is 17.6 Å². The monoisotopic (exact) mass is 356 g/mol. The average molecular weight is 356 g/mol. The van der Waals surface area contributed by atoms with Crippen LogP contribution in [0.5, 0.6) is 0 Å². The van der Waals surface area contributed by atoms with Crippen LogP contribution in [-0.2, 0) is 14.6 Å². The van der Waals surface area contributed by atoms with Gasteiger partial charge in [-0.05, 0) is 37.5 Å². The van der Waals surface area contributed by atoms with Crippen molar-refractivity contribution in [3.8, 4) is 0 Å². The number of benzene rings is 1. The Morgan fingerprint density at radius 1 is 1.38 bits per heavy atom. The first kappa shape index (κ1) is 17.2. The molecule has 2 fully saturated rings. The number of hydrogen-bond donors (Lipinski definition) is 1. The Hall–Kier alpha value is -1.67. The van der Waals surface area contributed by atoms with Gasteiger partial charge in [-0.15, -0.1) is 0 Å². The topological polar surface area (TPSA) is 75.7 Å². The number of hydrogen-bond acceptors (Lipinski definition) is 4. The molecule has 2 heterocycles. The summed E-state index contributed by atoms with van der Waals surface area (Å²) in [6.45, 7) is 1.01. The average Bonchev–Trinajstić information content (AvgIpc) is 3.14. The lowest BCUT2D eigenvalue weighted by atomic mass is 10.1. The van der Waals surface area contributed by atoms with E-state index in [1.165, 1.54) is 23.1 Å². The summed E-state index contributed by atoms with van der Waals surface area (Å²) in [5, 5.41) is 2.66. The molecule has 3 rings (SSSR count). The van der Waals surface area contributed by atoms with Crippen LogP contribution in [0.15, 0.2) is 24.3 Å². The van der Waals surface area contributed by atoms with Crippen LogP contribution in [0.2, 0.25) is 0 Å². The fraction of sp³-hybridized carbons (Fsp3) is 0.562. The Balaban J connectivity index is 1.73. The van der Waals surface area contributed by atoms with E-state index in [4.69, 9.17) is 4.74 Å². The molecular weight excluding hydrogens is 335 g/mol. The van der Waals surface area contributed by atoms with E-state index < -0.39 is 21.7 Å². The zero-order valence-corrected chi connectivity index (χ0v) is 14.1. The van der Waals surface area contributed by atoms with Crippen LogP contribution >= 0.6 is 0 Å². The van der Waals surface area contributed by atoms with Crippen LogP contribution in [0, 0.1) is 5.82 Å². The molecule has 24 heavy (non-hydrogen) atoms. The second-order valence-corrected chi connectivity index (χ2v) is 8.51. The fourth-order valence-electron chi connectivity index (χ4n) is 3.19. The van der Waals surface area contributed by atoms with Crippen LogP contribution in [0.1, 0.15) is 19.3 Å². The molecule has 0 saturated carbocycles. The van der Waals surface area contributed by atoms with Gasteiger partial charge in [-0.1, -0.05) is 6.07 Å². The summed E-state index contributed by atoms with van der Waals surface area (Å²) in [4.78, 5) is 14.2. The summed E-state index contributed by atoms with van der Waals surface area (Å²) < 4.78 is 42.4. The van der Waals surface area contributed by atoms with Crippen LogP contribution in [0.4, 0.5) is 14.9 Å². The highest BCUT2D eigenvalue weighted by atomic mass is 32.2. The highest BCUT2D eigenvalue weighted by Gasteiger charge is 2.36. The minimum atomic E-state index is -3.11. The quantitative estimate of drug-likeness (QED) is 0.896. The summed E-state index contributed by atoms with van der Waals surface area (Å²) in [5.74, 6) is -0.384. The normalized spacial score (nSPS) is 25.5. The van der Waals surface area contributed by atoms with Crippen molar-refractivity contribution < 1.29 is 22.3 Å². The predicted molar refractivity (Wildman–Crippen MR) is 88.2 cm³/mol. The number of sulfone groups is 1. The van der Waals surface area contributed by atoms with Gasteiger partial charge >= 0.3 is 6.03 Å². The molecule has 1 aromatic carbocycles. The summed E-state index contributed by atoms with van der Waals surface area (Å²) in [5.41, 5.74) is 0.346. The number of urea groups is 1. The second-order valence-electron chi connectivity index (χ2n) is 6.28. The predicted octanol–water partition coefficient (Wildman–Crippen LogP) is 2.03. The van der Waals surface area contributed by atoms with Crippen molar-refractivity contribution >= 4 is 21.6 Å². The van der Waals surface area contributed by atoms with Crippen LogP contribution in [0.3, 0.4) is 0 Å². The van der Waals surface area contributed by atoms with Crippen molar-refractivity contribution in [2.45, 2.75) is 31.4 Å². The fourth-order valence-corrected chi connectivity index (χ4v) is 4.92. The van der Waals surface area contributed by atoms with E-state index in [1.807, 2.05) is 0 Å². The van der Waals surface area contributed by atoms with E-state index >= 15 is 0 Å². The number of nitrogens with zero attached hydrogens (tertiary/aromatic N) is 1. The van der Waals surface area contributed by atoms with E-state index in [9.17, 15) is 17.6 Å². The molecule has 2 atom stereocenters. The van der Waals surface area contributed by atoms with Gasteiger partial charge in [-0.2, -0.15) is 0 Å². The van der Waals surface area contributed by atoms with E-state index in [1.54, 1.807) is 6.07 Å². The van der Waals surface area contributed by atoms with Gasteiger partial charge in [0.1, 0.15) is 5.82 Å². The maximum Gasteiger partial charge on any atom is 0.322 e. The van der Waals surface area contributed by atoms with Crippen molar-refractivity contribution in [2.24, 2.45) is 0 Å². The number of amides is 2. The van der Waals surface area contributed by atoms with Crippen LogP contribution in [0.25, 0.3) is 0 Å². The highest BCUT2D eigenvalue weighted by molar-refractivity contribution is 7.91. The van der Waals surface area contributed by atoms with Crippen LogP contribution < -0.4 is 5.32 Å². The van der Waals surface area contributed by atoms with Gasteiger partial charge < -0.3 is 15.0 Å². The molecule has 0 radical (unpaired) electrons. The third kappa shape index (κ3) is 4.24.